The number of nitrogens with zero attached hydrogens (tertiary/aromatic N) is 5. The topological polar surface area (TPSA) is 68.1 Å². The summed E-state index contributed by atoms with van der Waals surface area (Å²) >= 11 is 0. The molecule has 1 aliphatic rings. The molecular weight excluding hydrogens is 208 g/mol. The van der Waals surface area contributed by atoms with E-state index in [1.165, 1.54) is 4.80 Å². The molecule has 0 unspecified atom stereocenters. The van der Waals surface area contributed by atoms with E-state index in [2.05, 4.69) is 25.6 Å². The molecule has 0 spiro atoms. The van der Waals surface area contributed by atoms with Crippen LogP contribution in [-0.4, -0.2) is 64.5 Å². The summed E-state index contributed by atoms with van der Waals surface area (Å²) in [5.74, 6) is 0.740. The van der Waals surface area contributed by atoms with Gasteiger partial charge in [0, 0.05) is 26.2 Å². The van der Waals surface area contributed by atoms with Crippen LogP contribution in [0.5, 0.6) is 0 Å². The van der Waals surface area contributed by atoms with Gasteiger partial charge in [0.2, 0.25) is 0 Å². The number of ether oxygens (including phenoxy) is 1. The first-order valence-corrected chi connectivity index (χ1v) is 5.58. The molecular formula is C9H18N6O. The molecule has 90 valence electrons. The van der Waals surface area contributed by atoms with Crippen molar-refractivity contribution < 1.29 is 4.74 Å². The lowest BCUT2D eigenvalue weighted by atomic mass is 10.4. The van der Waals surface area contributed by atoms with Gasteiger partial charge in [-0.15, -0.1) is 10.2 Å². The van der Waals surface area contributed by atoms with E-state index in [4.69, 9.17) is 4.74 Å². The Kier molecular flexibility index (Phi) is 4.20. The summed E-state index contributed by atoms with van der Waals surface area (Å²) in [5.41, 5.74) is 0. The maximum atomic E-state index is 5.28. The van der Waals surface area contributed by atoms with E-state index in [1.54, 1.807) is 7.05 Å². The molecule has 1 saturated heterocycles. The first-order chi connectivity index (χ1) is 7.84. The fraction of sp³-hybridized carbons (Fsp3) is 0.889. The van der Waals surface area contributed by atoms with Crippen molar-refractivity contribution in [2.24, 2.45) is 7.05 Å². The van der Waals surface area contributed by atoms with E-state index in [-0.39, 0.29) is 0 Å². The van der Waals surface area contributed by atoms with Crippen LogP contribution in [0, 0.1) is 0 Å². The molecule has 1 fully saturated rings. The Morgan fingerprint density at radius 3 is 2.88 bits per heavy atom. The van der Waals surface area contributed by atoms with E-state index < -0.39 is 0 Å². The molecule has 1 aliphatic heterocycles. The van der Waals surface area contributed by atoms with Crippen LogP contribution in [0.3, 0.4) is 0 Å². The van der Waals surface area contributed by atoms with Gasteiger partial charge in [-0.3, -0.25) is 4.90 Å². The van der Waals surface area contributed by atoms with Crippen molar-refractivity contribution in [3.05, 3.63) is 5.82 Å². The van der Waals surface area contributed by atoms with Gasteiger partial charge in [-0.05, 0) is 5.21 Å². The number of rotatable bonds is 5. The zero-order valence-corrected chi connectivity index (χ0v) is 9.59. The van der Waals surface area contributed by atoms with Crippen LogP contribution in [0.1, 0.15) is 5.82 Å². The Bertz CT molecular complexity index is 309. The Morgan fingerprint density at radius 2 is 2.19 bits per heavy atom. The number of hydrogen-bond acceptors (Lipinski definition) is 6. The molecule has 0 saturated carbocycles. The predicted molar refractivity (Wildman–Crippen MR) is 57.8 cm³/mol. The van der Waals surface area contributed by atoms with Crippen molar-refractivity contribution >= 4 is 0 Å². The Morgan fingerprint density at radius 1 is 1.38 bits per heavy atom. The van der Waals surface area contributed by atoms with Crippen molar-refractivity contribution in [1.29, 1.82) is 0 Å². The minimum absolute atomic E-state index is 0.679. The van der Waals surface area contributed by atoms with Crippen LogP contribution >= 0.6 is 0 Å². The van der Waals surface area contributed by atoms with Crippen molar-refractivity contribution in [1.82, 2.24) is 30.4 Å². The molecule has 0 aliphatic carbocycles. The number of aromatic nitrogens is 4. The highest BCUT2D eigenvalue weighted by molar-refractivity contribution is 4.75. The average molecular weight is 226 g/mol. The first-order valence-electron chi connectivity index (χ1n) is 5.58. The molecule has 0 atom stereocenters. The Labute approximate surface area is 94.8 Å². The molecule has 0 bridgehead atoms. The van der Waals surface area contributed by atoms with Crippen LogP contribution < -0.4 is 5.32 Å². The molecule has 0 aromatic carbocycles. The third-order valence-corrected chi connectivity index (χ3v) is 2.54. The van der Waals surface area contributed by atoms with Crippen molar-refractivity contribution in [2.45, 2.75) is 6.54 Å². The predicted octanol–water partition coefficient (Wildman–Crippen LogP) is -1.37. The van der Waals surface area contributed by atoms with E-state index >= 15 is 0 Å². The number of aryl methyl sites for hydroxylation is 1. The third-order valence-electron chi connectivity index (χ3n) is 2.54. The van der Waals surface area contributed by atoms with Crippen molar-refractivity contribution in [3.8, 4) is 0 Å². The maximum absolute atomic E-state index is 5.28. The second-order valence-electron chi connectivity index (χ2n) is 3.83. The van der Waals surface area contributed by atoms with E-state index in [1.807, 2.05) is 0 Å². The molecule has 1 aromatic rings. The second-order valence-corrected chi connectivity index (χ2v) is 3.83. The number of morpholine rings is 1. The highest BCUT2D eigenvalue weighted by Gasteiger charge is 2.09. The summed E-state index contributed by atoms with van der Waals surface area (Å²) in [5, 5.41) is 15.1. The van der Waals surface area contributed by atoms with Gasteiger partial charge < -0.3 is 10.1 Å². The monoisotopic (exact) mass is 226 g/mol. The van der Waals surface area contributed by atoms with Crippen LogP contribution in [0.25, 0.3) is 0 Å². The molecule has 1 N–H and O–H groups in total. The highest BCUT2D eigenvalue weighted by atomic mass is 16.5. The summed E-state index contributed by atoms with van der Waals surface area (Å²) in [6, 6.07) is 0. The third kappa shape index (κ3) is 3.51. The molecule has 7 nitrogen and oxygen atoms in total. The summed E-state index contributed by atoms with van der Waals surface area (Å²) in [6.45, 7) is 6.44. The van der Waals surface area contributed by atoms with Gasteiger partial charge in [0.05, 0.1) is 26.8 Å². The molecule has 16 heavy (non-hydrogen) atoms. The normalized spacial score (nSPS) is 17.8. The van der Waals surface area contributed by atoms with Crippen molar-refractivity contribution in [2.75, 3.05) is 39.4 Å². The molecule has 0 amide bonds. The van der Waals surface area contributed by atoms with E-state index in [0.29, 0.717) is 6.54 Å². The van der Waals surface area contributed by atoms with Gasteiger partial charge in [-0.25, -0.2) is 0 Å². The Hall–Kier alpha value is -1.05. The van der Waals surface area contributed by atoms with Gasteiger partial charge in [-0.1, -0.05) is 0 Å². The van der Waals surface area contributed by atoms with Crippen LogP contribution in [-0.2, 0) is 18.3 Å². The minimum Gasteiger partial charge on any atom is -0.379 e. The van der Waals surface area contributed by atoms with Crippen molar-refractivity contribution in [3.63, 3.8) is 0 Å². The van der Waals surface area contributed by atoms with Gasteiger partial charge in [-0.2, -0.15) is 4.80 Å². The van der Waals surface area contributed by atoms with Gasteiger partial charge in [0.25, 0.3) is 0 Å². The molecule has 1 aromatic heterocycles. The summed E-state index contributed by atoms with van der Waals surface area (Å²) in [4.78, 5) is 3.86. The number of nitrogens with one attached hydrogen (secondary N) is 1. The minimum atomic E-state index is 0.679. The van der Waals surface area contributed by atoms with E-state index in [9.17, 15) is 0 Å². The zero-order chi connectivity index (χ0) is 11.2. The lowest BCUT2D eigenvalue weighted by Crippen LogP contribution is -2.40. The van der Waals surface area contributed by atoms with Crippen LogP contribution in [0.15, 0.2) is 0 Å². The summed E-state index contributed by atoms with van der Waals surface area (Å²) in [6.07, 6.45) is 0. The lowest BCUT2D eigenvalue weighted by Gasteiger charge is -2.26. The highest BCUT2D eigenvalue weighted by Crippen LogP contribution is 1.94. The van der Waals surface area contributed by atoms with Crippen LogP contribution in [0.2, 0.25) is 0 Å². The first kappa shape index (κ1) is 11.4. The fourth-order valence-corrected chi connectivity index (χ4v) is 1.66. The largest absolute Gasteiger partial charge is 0.379 e. The van der Waals surface area contributed by atoms with Gasteiger partial charge in [0.15, 0.2) is 5.82 Å². The standard InChI is InChI=1S/C9H18N6O/c1-14-12-9(11-13-14)8-10-2-3-15-4-6-16-7-5-15/h10H,2-8H2,1H3. The molecule has 0 radical (unpaired) electrons. The Balaban J connectivity index is 1.57. The smallest absolute Gasteiger partial charge is 0.188 e. The fourth-order valence-electron chi connectivity index (χ4n) is 1.66. The van der Waals surface area contributed by atoms with Crippen LogP contribution in [0.4, 0.5) is 0 Å². The molecule has 7 heteroatoms. The van der Waals surface area contributed by atoms with Gasteiger partial charge in [0.1, 0.15) is 0 Å². The summed E-state index contributed by atoms with van der Waals surface area (Å²) < 4.78 is 5.28. The molecule has 2 heterocycles. The zero-order valence-electron chi connectivity index (χ0n) is 9.59. The SMILES string of the molecule is Cn1nnc(CNCCN2CCOCC2)n1. The average Bonchev–Trinajstić information content (AvgIpc) is 2.72. The number of hydrogen-bond donors (Lipinski definition) is 1. The van der Waals surface area contributed by atoms with Gasteiger partial charge >= 0.3 is 0 Å². The maximum Gasteiger partial charge on any atom is 0.188 e. The summed E-state index contributed by atoms with van der Waals surface area (Å²) in [7, 11) is 1.77. The quantitative estimate of drug-likeness (QED) is 0.625. The molecule has 2 rings (SSSR count). The van der Waals surface area contributed by atoms with E-state index in [0.717, 1.165) is 45.2 Å². The second kappa shape index (κ2) is 5.88. The lowest BCUT2D eigenvalue weighted by molar-refractivity contribution is 0.0384. The number of tetrazole rings is 1.